The smallest absolute Gasteiger partial charge is 0.265 e. The maximum absolute atomic E-state index is 10.4. The van der Waals surface area contributed by atoms with Gasteiger partial charge in [0.05, 0.1) is 0 Å². The summed E-state index contributed by atoms with van der Waals surface area (Å²) in [6, 6.07) is 0.227. The number of rotatable bonds is 6. The molecule has 1 unspecified atom stereocenters. The standard InChI is InChI=1S/C9H17N2O/c1-7(9(11)12)5-3-4-6-8(2)10/h8,11H,1,3-6,10H2,2H3. The van der Waals surface area contributed by atoms with E-state index in [0.29, 0.717) is 12.0 Å². The van der Waals surface area contributed by atoms with Crippen LogP contribution in [-0.4, -0.2) is 11.9 Å². The van der Waals surface area contributed by atoms with Crippen molar-refractivity contribution in [3.63, 3.8) is 0 Å². The quantitative estimate of drug-likeness (QED) is 0.480. The fraction of sp³-hybridized carbons (Fsp3) is 0.667. The van der Waals surface area contributed by atoms with Gasteiger partial charge >= 0.3 is 0 Å². The first kappa shape index (κ1) is 11.2. The average Bonchev–Trinajstić information content (AvgIpc) is 1.97. The van der Waals surface area contributed by atoms with Gasteiger partial charge < -0.3 is 5.73 Å². The highest BCUT2D eigenvalue weighted by molar-refractivity contribution is 5.90. The maximum Gasteiger partial charge on any atom is 0.265 e. The van der Waals surface area contributed by atoms with Crippen molar-refractivity contribution in [2.45, 2.75) is 38.6 Å². The molecular weight excluding hydrogens is 152 g/mol. The molecule has 69 valence electrons. The Labute approximate surface area is 73.8 Å². The lowest BCUT2D eigenvalue weighted by Crippen LogP contribution is -2.14. The van der Waals surface area contributed by atoms with Crippen LogP contribution in [-0.2, 0) is 4.79 Å². The number of hydrogen-bond donors (Lipinski definition) is 1. The Morgan fingerprint density at radius 3 is 2.58 bits per heavy atom. The molecule has 0 aliphatic carbocycles. The van der Waals surface area contributed by atoms with Crippen molar-refractivity contribution in [2.75, 3.05) is 0 Å². The lowest BCUT2D eigenvalue weighted by molar-refractivity contribution is -0.115. The van der Waals surface area contributed by atoms with E-state index < -0.39 is 5.91 Å². The van der Waals surface area contributed by atoms with Crippen molar-refractivity contribution in [3.8, 4) is 0 Å². The van der Waals surface area contributed by atoms with Crippen LogP contribution < -0.4 is 11.5 Å². The Morgan fingerprint density at radius 1 is 1.58 bits per heavy atom. The van der Waals surface area contributed by atoms with Gasteiger partial charge in [0.15, 0.2) is 0 Å². The van der Waals surface area contributed by atoms with E-state index in [1.807, 2.05) is 6.92 Å². The van der Waals surface area contributed by atoms with Crippen LogP contribution in [0, 0.1) is 0 Å². The molecule has 3 heteroatoms. The van der Waals surface area contributed by atoms with E-state index in [0.717, 1.165) is 19.3 Å². The van der Waals surface area contributed by atoms with Crippen molar-refractivity contribution >= 4 is 5.91 Å². The average molecular weight is 169 g/mol. The van der Waals surface area contributed by atoms with E-state index in [1.165, 1.54) is 0 Å². The summed E-state index contributed by atoms with van der Waals surface area (Å²) >= 11 is 0. The van der Waals surface area contributed by atoms with E-state index in [4.69, 9.17) is 11.5 Å². The monoisotopic (exact) mass is 169 g/mol. The Bertz CT molecular complexity index is 164. The van der Waals surface area contributed by atoms with Gasteiger partial charge in [0.25, 0.3) is 5.91 Å². The Balaban J connectivity index is 3.32. The van der Waals surface area contributed by atoms with Crippen LogP contribution in [0.4, 0.5) is 0 Å². The molecule has 3 N–H and O–H groups in total. The summed E-state index contributed by atoms with van der Waals surface area (Å²) in [5, 5.41) is 0. The van der Waals surface area contributed by atoms with Crippen molar-refractivity contribution in [2.24, 2.45) is 5.73 Å². The highest BCUT2D eigenvalue weighted by Crippen LogP contribution is 2.07. The van der Waals surface area contributed by atoms with Gasteiger partial charge in [0.2, 0.25) is 0 Å². The normalized spacial score (nSPS) is 12.5. The molecule has 0 fully saturated rings. The molecule has 0 aromatic carbocycles. The van der Waals surface area contributed by atoms with Crippen LogP contribution >= 0.6 is 0 Å². The van der Waals surface area contributed by atoms with Crippen LogP contribution in [0.1, 0.15) is 32.6 Å². The summed E-state index contributed by atoms with van der Waals surface area (Å²) in [4.78, 5) is 10.4. The van der Waals surface area contributed by atoms with Crippen LogP contribution in [0.3, 0.4) is 0 Å². The van der Waals surface area contributed by atoms with Gasteiger partial charge in [0, 0.05) is 11.6 Å². The molecule has 1 amide bonds. The van der Waals surface area contributed by atoms with E-state index in [2.05, 4.69) is 6.58 Å². The van der Waals surface area contributed by atoms with Gasteiger partial charge in [-0.05, 0) is 26.2 Å². The van der Waals surface area contributed by atoms with Crippen molar-refractivity contribution in [1.82, 2.24) is 5.73 Å². The third kappa shape index (κ3) is 5.92. The minimum atomic E-state index is -0.643. The molecule has 12 heavy (non-hydrogen) atoms. The first-order valence-electron chi connectivity index (χ1n) is 4.23. The van der Waals surface area contributed by atoms with Crippen LogP contribution in [0.25, 0.3) is 0 Å². The summed E-state index contributed by atoms with van der Waals surface area (Å²) in [6.45, 7) is 5.47. The summed E-state index contributed by atoms with van der Waals surface area (Å²) in [7, 11) is 0. The Kier molecular flexibility index (Phi) is 5.37. The van der Waals surface area contributed by atoms with Gasteiger partial charge in [-0.3, -0.25) is 10.5 Å². The topological polar surface area (TPSA) is 66.9 Å². The maximum atomic E-state index is 10.4. The largest absolute Gasteiger partial charge is 0.328 e. The molecule has 0 saturated heterocycles. The summed E-state index contributed by atoms with van der Waals surface area (Å²) in [5.74, 6) is -0.643. The number of nitrogens with two attached hydrogens (primary N) is 1. The molecule has 0 aromatic heterocycles. The second-order valence-electron chi connectivity index (χ2n) is 3.16. The molecule has 0 rings (SSSR count). The second-order valence-corrected chi connectivity index (χ2v) is 3.16. The zero-order chi connectivity index (χ0) is 9.56. The molecule has 0 spiro atoms. The van der Waals surface area contributed by atoms with Crippen LogP contribution in [0.15, 0.2) is 12.2 Å². The van der Waals surface area contributed by atoms with E-state index >= 15 is 0 Å². The molecule has 0 aromatic rings. The van der Waals surface area contributed by atoms with Crippen molar-refractivity contribution in [1.29, 1.82) is 0 Å². The predicted octanol–water partition coefficient (Wildman–Crippen LogP) is 1.26. The van der Waals surface area contributed by atoms with E-state index in [9.17, 15) is 4.79 Å². The summed E-state index contributed by atoms with van der Waals surface area (Å²) in [5.41, 5.74) is 12.7. The van der Waals surface area contributed by atoms with Gasteiger partial charge in [-0.15, -0.1) is 0 Å². The van der Waals surface area contributed by atoms with Crippen molar-refractivity contribution in [3.05, 3.63) is 12.2 Å². The third-order valence-corrected chi connectivity index (χ3v) is 1.71. The molecular formula is C9H17N2O. The SMILES string of the molecule is C=C(CCCCC(C)N)C([NH])=O. The molecule has 1 atom stereocenters. The molecule has 0 aliphatic heterocycles. The molecule has 0 aliphatic rings. The lowest BCUT2D eigenvalue weighted by Gasteiger charge is -2.03. The fourth-order valence-corrected chi connectivity index (χ4v) is 0.918. The first-order chi connectivity index (χ1) is 5.54. The number of unbranched alkanes of at least 4 members (excludes halogenated alkanes) is 1. The van der Waals surface area contributed by atoms with Gasteiger partial charge in [-0.1, -0.05) is 13.0 Å². The molecule has 1 radical (unpaired) electrons. The molecule has 3 nitrogen and oxygen atoms in total. The summed E-state index contributed by atoms with van der Waals surface area (Å²) in [6.07, 6.45) is 3.52. The van der Waals surface area contributed by atoms with Gasteiger partial charge in [-0.2, -0.15) is 0 Å². The number of carbonyl (C=O) groups excluding carboxylic acids is 1. The zero-order valence-electron chi connectivity index (χ0n) is 7.60. The van der Waals surface area contributed by atoms with E-state index in [-0.39, 0.29) is 6.04 Å². The Hall–Kier alpha value is -0.830. The minimum Gasteiger partial charge on any atom is -0.328 e. The summed E-state index contributed by atoms with van der Waals surface area (Å²) < 4.78 is 0. The van der Waals surface area contributed by atoms with Crippen molar-refractivity contribution < 1.29 is 4.79 Å². The van der Waals surface area contributed by atoms with Crippen LogP contribution in [0.2, 0.25) is 0 Å². The predicted molar refractivity (Wildman–Crippen MR) is 49.4 cm³/mol. The third-order valence-electron chi connectivity index (χ3n) is 1.71. The first-order valence-corrected chi connectivity index (χ1v) is 4.23. The second kappa shape index (κ2) is 5.77. The lowest BCUT2D eigenvalue weighted by atomic mass is 10.1. The number of nitrogens with one attached hydrogen (secondary N) is 1. The zero-order valence-corrected chi connectivity index (χ0v) is 7.60. The molecule has 0 bridgehead atoms. The highest BCUT2D eigenvalue weighted by Gasteiger charge is 2.01. The number of hydrogen-bond acceptors (Lipinski definition) is 2. The number of amides is 1. The minimum absolute atomic E-state index is 0.227. The molecule has 0 saturated carbocycles. The fourth-order valence-electron chi connectivity index (χ4n) is 0.918. The van der Waals surface area contributed by atoms with Gasteiger partial charge in [0.1, 0.15) is 0 Å². The van der Waals surface area contributed by atoms with Crippen LogP contribution in [0.5, 0.6) is 0 Å². The molecule has 0 heterocycles. The Morgan fingerprint density at radius 2 is 2.17 bits per heavy atom. The van der Waals surface area contributed by atoms with E-state index in [1.54, 1.807) is 0 Å². The van der Waals surface area contributed by atoms with Gasteiger partial charge in [-0.25, -0.2) is 0 Å². The number of carbonyl (C=O) groups is 1. The highest BCUT2D eigenvalue weighted by atomic mass is 16.1.